The van der Waals surface area contributed by atoms with Crippen molar-refractivity contribution in [2.45, 2.75) is 32.9 Å². The predicted molar refractivity (Wildman–Crippen MR) is 91.6 cm³/mol. The monoisotopic (exact) mass is 369 g/mol. The molecule has 1 aromatic carbocycles. The van der Waals surface area contributed by atoms with Crippen LogP contribution in [0.2, 0.25) is 5.02 Å². The first-order valence-corrected chi connectivity index (χ1v) is 8.27. The maximum absolute atomic E-state index is 6.09. The zero-order chi connectivity index (χ0) is 15.6. The van der Waals surface area contributed by atoms with Crippen molar-refractivity contribution in [1.82, 2.24) is 14.7 Å². The third-order valence-electron chi connectivity index (χ3n) is 3.89. The van der Waals surface area contributed by atoms with Crippen molar-refractivity contribution in [3.05, 3.63) is 50.7 Å². The van der Waals surface area contributed by atoms with Crippen LogP contribution >= 0.6 is 27.5 Å². The fourth-order valence-electron chi connectivity index (χ4n) is 2.39. The molecule has 0 radical (unpaired) electrons. The summed E-state index contributed by atoms with van der Waals surface area (Å²) in [5, 5.41) is 5.33. The number of hydrogen-bond donors (Lipinski definition) is 0. The molecule has 0 N–H and O–H groups in total. The van der Waals surface area contributed by atoms with Crippen molar-refractivity contribution in [2.75, 3.05) is 7.05 Å². The molecule has 0 saturated carbocycles. The Hall–Kier alpha value is -0.840. The lowest BCUT2D eigenvalue weighted by Gasteiger charge is -2.25. The van der Waals surface area contributed by atoms with Crippen LogP contribution in [0, 0.1) is 0 Å². The fraction of sp³-hybridized carbons (Fsp3) is 0.438. The van der Waals surface area contributed by atoms with Gasteiger partial charge in [0.1, 0.15) is 0 Å². The van der Waals surface area contributed by atoms with Gasteiger partial charge in [0.25, 0.3) is 0 Å². The maximum atomic E-state index is 6.09. The van der Waals surface area contributed by atoms with Crippen molar-refractivity contribution < 1.29 is 0 Å². The zero-order valence-electron chi connectivity index (χ0n) is 12.9. The summed E-state index contributed by atoms with van der Waals surface area (Å²) < 4.78 is 3.09. The summed E-state index contributed by atoms with van der Waals surface area (Å²) in [6, 6.07) is 8.33. The molecule has 114 valence electrons. The molecule has 3 nitrogen and oxygen atoms in total. The molecule has 5 heteroatoms. The van der Waals surface area contributed by atoms with Crippen LogP contribution in [0.5, 0.6) is 0 Å². The third-order valence-corrected chi connectivity index (χ3v) is 5.04. The highest BCUT2D eigenvalue weighted by Crippen LogP contribution is 2.27. The number of nitrogens with zero attached hydrogens (tertiary/aromatic N) is 3. The SMILES string of the molecule is CCc1nn(C)c(CN(C)C(C)c2cccc(Cl)c2)c1Br. The Kier molecular flexibility index (Phi) is 5.47. The summed E-state index contributed by atoms with van der Waals surface area (Å²) >= 11 is 9.76. The number of benzene rings is 1. The summed E-state index contributed by atoms with van der Waals surface area (Å²) in [5.74, 6) is 0. The van der Waals surface area contributed by atoms with E-state index in [1.54, 1.807) is 0 Å². The topological polar surface area (TPSA) is 21.1 Å². The minimum absolute atomic E-state index is 0.288. The molecule has 0 saturated heterocycles. The van der Waals surface area contributed by atoms with Gasteiger partial charge in [0.15, 0.2) is 0 Å². The number of aryl methyl sites for hydroxylation is 2. The molecule has 0 aliphatic rings. The van der Waals surface area contributed by atoms with Gasteiger partial charge in [0, 0.05) is 24.7 Å². The predicted octanol–water partition coefficient (Wildman–Crippen LogP) is 4.59. The van der Waals surface area contributed by atoms with Crippen molar-refractivity contribution in [3.63, 3.8) is 0 Å². The van der Waals surface area contributed by atoms with Crippen molar-refractivity contribution in [2.24, 2.45) is 7.05 Å². The van der Waals surface area contributed by atoms with Crippen molar-refractivity contribution in [3.8, 4) is 0 Å². The van der Waals surface area contributed by atoms with Crippen LogP contribution in [0.3, 0.4) is 0 Å². The average Bonchev–Trinajstić information content (AvgIpc) is 2.73. The average molecular weight is 371 g/mol. The molecule has 1 aromatic heterocycles. The summed E-state index contributed by atoms with van der Waals surface area (Å²) in [6.45, 7) is 5.14. The highest BCUT2D eigenvalue weighted by molar-refractivity contribution is 9.10. The van der Waals surface area contributed by atoms with Gasteiger partial charge in [-0.1, -0.05) is 30.7 Å². The molecule has 0 fully saturated rings. The van der Waals surface area contributed by atoms with Gasteiger partial charge in [0.2, 0.25) is 0 Å². The van der Waals surface area contributed by atoms with Gasteiger partial charge in [-0.25, -0.2) is 0 Å². The molecule has 0 amide bonds. The molecule has 21 heavy (non-hydrogen) atoms. The van der Waals surface area contributed by atoms with Crippen LogP contribution in [0.4, 0.5) is 0 Å². The largest absolute Gasteiger partial charge is 0.294 e. The lowest BCUT2D eigenvalue weighted by Crippen LogP contribution is -2.23. The van der Waals surface area contributed by atoms with Gasteiger partial charge in [-0.15, -0.1) is 0 Å². The Morgan fingerprint density at radius 2 is 2.14 bits per heavy atom. The van der Waals surface area contributed by atoms with E-state index < -0.39 is 0 Å². The van der Waals surface area contributed by atoms with E-state index >= 15 is 0 Å². The highest BCUT2D eigenvalue weighted by atomic mass is 79.9. The summed E-state index contributed by atoms with van der Waals surface area (Å²) in [4.78, 5) is 2.30. The van der Waals surface area contributed by atoms with Gasteiger partial charge in [0.05, 0.1) is 15.9 Å². The summed E-state index contributed by atoms with van der Waals surface area (Å²) in [7, 11) is 4.12. The maximum Gasteiger partial charge on any atom is 0.0767 e. The Labute approximate surface area is 140 Å². The zero-order valence-corrected chi connectivity index (χ0v) is 15.2. The number of aromatic nitrogens is 2. The first-order valence-electron chi connectivity index (χ1n) is 7.10. The second kappa shape index (κ2) is 6.95. The smallest absolute Gasteiger partial charge is 0.0767 e. The number of halogens is 2. The van der Waals surface area contributed by atoms with Crippen LogP contribution in [0.1, 0.15) is 36.8 Å². The molecule has 0 aliphatic carbocycles. The molecule has 0 aliphatic heterocycles. The Balaban J connectivity index is 2.18. The van der Waals surface area contributed by atoms with Gasteiger partial charge < -0.3 is 0 Å². The molecule has 1 atom stereocenters. The van der Waals surface area contributed by atoms with E-state index in [2.05, 4.69) is 52.9 Å². The van der Waals surface area contributed by atoms with Gasteiger partial charge >= 0.3 is 0 Å². The highest BCUT2D eigenvalue weighted by Gasteiger charge is 2.18. The second-order valence-corrected chi connectivity index (χ2v) is 6.56. The number of hydrogen-bond acceptors (Lipinski definition) is 2. The molecular weight excluding hydrogens is 350 g/mol. The Morgan fingerprint density at radius 1 is 1.43 bits per heavy atom. The van der Waals surface area contributed by atoms with E-state index in [-0.39, 0.29) is 6.04 Å². The van der Waals surface area contributed by atoms with E-state index in [1.807, 2.05) is 29.9 Å². The number of rotatable bonds is 5. The van der Waals surface area contributed by atoms with Crippen LogP contribution in [-0.2, 0) is 20.0 Å². The van der Waals surface area contributed by atoms with Gasteiger partial charge in [-0.05, 0) is 54.0 Å². The summed E-state index contributed by atoms with van der Waals surface area (Å²) in [5.41, 5.74) is 3.53. The van der Waals surface area contributed by atoms with E-state index in [0.717, 1.165) is 28.2 Å². The normalized spacial score (nSPS) is 12.9. The van der Waals surface area contributed by atoms with Crippen molar-refractivity contribution in [1.29, 1.82) is 0 Å². The van der Waals surface area contributed by atoms with E-state index in [1.165, 1.54) is 11.3 Å². The first kappa shape index (κ1) is 16.5. The minimum Gasteiger partial charge on any atom is -0.294 e. The van der Waals surface area contributed by atoms with E-state index in [0.29, 0.717) is 0 Å². The standard InChI is InChI=1S/C16H21BrClN3/c1-5-14-16(17)15(21(4)19-14)10-20(3)11(2)12-7-6-8-13(18)9-12/h6-9,11H,5,10H2,1-4H3. The second-order valence-electron chi connectivity index (χ2n) is 5.33. The fourth-order valence-corrected chi connectivity index (χ4v) is 3.33. The molecule has 1 unspecified atom stereocenters. The van der Waals surface area contributed by atoms with Crippen LogP contribution in [0.25, 0.3) is 0 Å². The van der Waals surface area contributed by atoms with E-state index in [4.69, 9.17) is 11.6 Å². The lowest BCUT2D eigenvalue weighted by molar-refractivity contribution is 0.246. The van der Waals surface area contributed by atoms with E-state index in [9.17, 15) is 0 Å². The Morgan fingerprint density at radius 3 is 2.71 bits per heavy atom. The Bertz CT molecular complexity index is 624. The lowest BCUT2D eigenvalue weighted by atomic mass is 10.1. The quantitative estimate of drug-likeness (QED) is 0.767. The van der Waals surface area contributed by atoms with Gasteiger partial charge in [-0.2, -0.15) is 5.10 Å². The minimum atomic E-state index is 0.288. The molecule has 2 rings (SSSR count). The molecular formula is C16H21BrClN3. The van der Waals surface area contributed by atoms with Gasteiger partial charge in [-0.3, -0.25) is 9.58 Å². The molecule has 1 heterocycles. The summed E-state index contributed by atoms with van der Waals surface area (Å²) in [6.07, 6.45) is 0.933. The van der Waals surface area contributed by atoms with Crippen molar-refractivity contribution >= 4 is 27.5 Å². The van der Waals surface area contributed by atoms with Crippen LogP contribution in [-0.4, -0.2) is 21.7 Å². The molecule has 2 aromatic rings. The molecule has 0 spiro atoms. The molecule has 0 bridgehead atoms. The first-order chi connectivity index (χ1) is 9.93. The third kappa shape index (κ3) is 3.68. The van der Waals surface area contributed by atoms with Crippen LogP contribution < -0.4 is 0 Å². The van der Waals surface area contributed by atoms with Crippen LogP contribution in [0.15, 0.2) is 28.7 Å².